The Bertz CT molecular complexity index is 1170. The summed E-state index contributed by atoms with van der Waals surface area (Å²) < 4.78 is 0.917. The number of carbonyl (C=O) groups excluding carboxylic acids is 1. The van der Waals surface area contributed by atoms with Crippen LogP contribution in [0.15, 0.2) is 48.5 Å². The molecule has 1 amide bonds. The van der Waals surface area contributed by atoms with Crippen molar-refractivity contribution in [3.63, 3.8) is 0 Å². The minimum Gasteiger partial charge on any atom is -0.366 e. The van der Waals surface area contributed by atoms with E-state index >= 15 is 0 Å². The van der Waals surface area contributed by atoms with Crippen LogP contribution >= 0.6 is 11.3 Å². The quantitative estimate of drug-likeness (QED) is 0.508. The van der Waals surface area contributed by atoms with Crippen LogP contribution in [0.4, 0.5) is 10.9 Å². The third-order valence-electron chi connectivity index (χ3n) is 4.89. The molecule has 0 aliphatic heterocycles. The van der Waals surface area contributed by atoms with Gasteiger partial charge in [0.05, 0.1) is 21.3 Å². The number of thiazole rings is 1. The highest BCUT2D eigenvalue weighted by molar-refractivity contribution is 7.22. The van der Waals surface area contributed by atoms with Crippen molar-refractivity contribution in [2.45, 2.75) is 6.42 Å². The van der Waals surface area contributed by atoms with Crippen LogP contribution in [0, 0.1) is 6.07 Å². The molecule has 2 N–H and O–H groups in total. The van der Waals surface area contributed by atoms with Crippen LogP contribution in [0.1, 0.15) is 16.8 Å². The van der Waals surface area contributed by atoms with E-state index in [2.05, 4.69) is 46.1 Å². The molecule has 2 heterocycles. The molecule has 4 rings (SSSR count). The van der Waals surface area contributed by atoms with Gasteiger partial charge in [-0.25, -0.2) is 9.97 Å². The van der Waals surface area contributed by atoms with Crippen LogP contribution in [0.3, 0.4) is 0 Å². The highest BCUT2D eigenvalue weighted by Gasteiger charge is 2.14. The molecule has 2 aromatic heterocycles. The highest BCUT2D eigenvalue weighted by Crippen LogP contribution is 2.30. The van der Waals surface area contributed by atoms with E-state index in [1.165, 1.54) is 0 Å². The number of benzene rings is 2. The first-order chi connectivity index (χ1) is 14.0. The lowest BCUT2D eigenvalue weighted by Gasteiger charge is -2.21. The molecule has 0 unspecified atom stereocenters. The second kappa shape index (κ2) is 8.05. The molecule has 29 heavy (non-hydrogen) atoms. The Morgan fingerprint density at radius 2 is 1.86 bits per heavy atom. The van der Waals surface area contributed by atoms with Gasteiger partial charge in [-0.2, -0.15) is 0 Å². The Morgan fingerprint density at radius 3 is 2.69 bits per heavy atom. The molecule has 0 aliphatic rings. The molecule has 4 aromatic rings. The number of nitrogens with two attached hydrogens (primary N) is 1. The Morgan fingerprint density at radius 1 is 1.07 bits per heavy atom. The van der Waals surface area contributed by atoms with E-state index in [1.54, 1.807) is 17.4 Å². The zero-order chi connectivity index (χ0) is 20.4. The second-order valence-corrected chi connectivity index (χ2v) is 8.01. The molecule has 0 spiro atoms. The third-order valence-corrected chi connectivity index (χ3v) is 6.01. The topological polar surface area (TPSA) is 75.3 Å². The van der Waals surface area contributed by atoms with Crippen molar-refractivity contribution in [1.29, 1.82) is 0 Å². The summed E-state index contributed by atoms with van der Waals surface area (Å²) >= 11 is 1.54. The van der Waals surface area contributed by atoms with Gasteiger partial charge in [0.15, 0.2) is 5.13 Å². The molecule has 2 aromatic carbocycles. The largest absolute Gasteiger partial charge is 0.366 e. The number of primary amides is 1. The lowest BCUT2D eigenvalue weighted by Crippen LogP contribution is -2.25. The van der Waals surface area contributed by atoms with Gasteiger partial charge in [-0.1, -0.05) is 29.5 Å². The molecule has 0 aliphatic carbocycles. The second-order valence-electron chi connectivity index (χ2n) is 7.00. The van der Waals surface area contributed by atoms with Crippen LogP contribution in [0.2, 0.25) is 0 Å². The first kappa shape index (κ1) is 19.1. The third kappa shape index (κ3) is 4.00. The van der Waals surface area contributed by atoms with Gasteiger partial charge >= 0.3 is 0 Å². The zero-order valence-electron chi connectivity index (χ0n) is 16.4. The fourth-order valence-corrected chi connectivity index (χ4v) is 4.21. The van der Waals surface area contributed by atoms with Crippen LogP contribution in [-0.2, 0) is 0 Å². The van der Waals surface area contributed by atoms with E-state index < -0.39 is 5.91 Å². The van der Waals surface area contributed by atoms with Crippen LogP contribution in [-0.4, -0.2) is 43.1 Å². The number of fused-ring (bicyclic) bond motifs is 2. The Labute approximate surface area is 173 Å². The van der Waals surface area contributed by atoms with Crippen molar-refractivity contribution >= 4 is 49.3 Å². The Balaban J connectivity index is 1.40. The summed E-state index contributed by atoms with van der Waals surface area (Å²) in [4.78, 5) is 25.2. The molecule has 0 atom stereocenters. The van der Waals surface area contributed by atoms with Gasteiger partial charge in [0.25, 0.3) is 5.91 Å². The van der Waals surface area contributed by atoms with Crippen molar-refractivity contribution in [2.24, 2.45) is 5.73 Å². The van der Waals surface area contributed by atoms with Crippen molar-refractivity contribution in [3.05, 3.63) is 60.2 Å². The molecule has 0 saturated heterocycles. The average molecular weight is 405 g/mol. The van der Waals surface area contributed by atoms with Gasteiger partial charge in [-0.05, 0) is 42.8 Å². The van der Waals surface area contributed by atoms with Crippen LogP contribution < -0.4 is 15.5 Å². The molecule has 0 fully saturated rings. The predicted octanol–water partition coefficient (Wildman–Crippen LogP) is 3.71. The lowest BCUT2D eigenvalue weighted by molar-refractivity contribution is 0.100. The van der Waals surface area contributed by atoms with E-state index in [0.29, 0.717) is 11.1 Å². The summed E-state index contributed by atoms with van der Waals surface area (Å²) in [6.45, 7) is 1.72. The van der Waals surface area contributed by atoms with Crippen molar-refractivity contribution in [3.8, 4) is 0 Å². The van der Waals surface area contributed by atoms with Gasteiger partial charge < -0.3 is 15.5 Å². The first-order valence-electron chi connectivity index (χ1n) is 9.41. The summed E-state index contributed by atoms with van der Waals surface area (Å²) in [6.07, 6.45) is 0.951. The van der Waals surface area contributed by atoms with Gasteiger partial charge in [-0.3, -0.25) is 4.79 Å². The molecule has 1 radical (unpaired) electrons. The summed E-state index contributed by atoms with van der Waals surface area (Å²) in [5.41, 5.74) is 7.52. The van der Waals surface area contributed by atoms with Crippen molar-refractivity contribution in [1.82, 2.24) is 9.97 Å². The Kier molecular flexibility index (Phi) is 5.31. The predicted molar refractivity (Wildman–Crippen MR) is 120 cm³/mol. The maximum absolute atomic E-state index is 11.6. The minimum atomic E-state index is -0.476. The lowest BCUT2D eigenvalue weighted by atomic mass is 10.2. The van der Waals surface area contributed by atoms with E-state index in [4.69, 9.17) is 10.7 Å². The number of para-hydroxylation sites is 1. The fraction of sp³-hybridized carbons (Fsp3) is 0.227. The molecule has 0 bridgehead atoms. The number of rotatable bonds is 7. The standard InChI is InChI=1S/C22H22N5OS/c1-26(19-12-11-15-7-3-4-9-17(15)24-19)13-6-14-27(2)22-25-20-16(21(23)28)8-5-10-18(20)29-22/h3-4,7-12H,6,13-14H2,1-2H3,(H2,23,28). The monoisotopic (exact) mass is 404 g/mol. The van der Waals surface area contributed by atoms with Crippen molar-refractivity contribution < 1.29 is 4.79 Å². The number of hydrogen-bond donors (Lipinski definition) is 1. The molecule has 0 saturated carbocycles. The van der Waals surface area contributed by atoms with Gasteiger partial charge in [0.2, 0.25) is 0 Å². The smallest absolute Gasteiger partial charge is 0.250 e. The fourth-order valence-electron chi connectivity index (χ4n) is 3.25. The molecular formula is C22H22N5OS. The number of pyridine rings is 1. The van der Waals surface area contributed by atoms with Gasteiger partial charge in [0.1, 0.15) is 5.82 Å². The number of nitrogens with zero attached hydrogens (tertiary/aromatic N) is 4. The average Bonchev–Trinajstić information content (AvgIpc) is 3.17. The summed E-state index contributed by atoms with van der Waals surface area (Å²) in [5.74, 6) is 0.490. The summed E-state index contributed by atoms with van der Waals surface area (Å²) in [6, 6.07) is 18.7. The van der Waals surface area contributed by atoms with E-state index in [0.717, 1.165) is 46.1 Å². The maximum atomic E-state index is 11.6. The van der Waals surface area contributed by atoms with Crippen LogP contribution in [0.25, 0.3) is 21.1 Å². The van der Waals surface area contributed by atoms with E-state index in [-0.39, 0.29) is 0 Å². The number of aromatic nitrogens is 2. The van der Waals surface area contributed by atoms with Crippen molar-refractivity contribution in [2.75, 3.05) is 37.0 Å². The normalized spacial score (nSPS) is 11.1. The summed E-state index contributed by atoms with van der Waals surface area (Å²) in [7, 11) is 4.07. The molecule has 147 valence electrons. The minimum absolute atomic E-state index is 0.417. The first-order valence-corrected chi connectivity index (χ1v) is 10.2. The summed E-state index contributed by atoms with van der Waals surface area (Å²) in [5, 5.41) is 2.02. The van der Waals surface area contributed by atoms with E-state index in [9.17, 15) is 4.79 Å². The number of anilines is 2. The number of carbonyl (C=O) groups is 1. The highest BCUT2D eigenvalue weighted by atomic mass is 32.1. The number of hydrogen-bond acceptors (Lipinski definition) is 6. The Hall–Kier alpha value is -3.19. The molecule has 7 heteroatoms. The maximum Gasteiger partial charge on any atom is 0.250 e. The van der Waals surface area contributed by atoms with Crippen LogP contribution in [0.5, 0.6) is 0 Å². The number of amides is 1. The van der Waals surface area contributed by atoms with Gasteiger partial charge in [0, 0.05) is 32.6 Å². The molecular weight excluding hydrogens is 382 g/mol. The van der Waals surface area contributed by atoms with E-state index in [1.807, 2.05) is 31.3 Å². The SMILES string of the molecule is CN(CCCN(C)c1nc2c(C(N)=O)c[c]cc2s1)c1ccc2ccccc2n1. The van der Waals surface area contributed by atoms with Gasteiger partial charge in [-0.15, -0.1) is 0 Å². The zero-order valence-corrected chi connectivity index (χ0v) is 17.2. The molecule has 6 nitrogen and oxygen atoms in total.